The van der Waals surface area contributed by atoms with Gasteiger partial charge < -0.3 is 4.90 Å². The molecule has 3 aromatic rings. The number of aryl methyl sites for hydroxylation is 1. The zero-order valence-electron chi connectivity index (χ0n) is 16.0. The van der Waals surface area contributed by atoms with Crippen molar-refractivity contribution >= 4 is 50.6 Å². The number of carbonyl (C=O) groups is 1. The number of hydrogen-bond donors (Lipinski definition) is 1. The minimum Gasteiger partial charge on any atom is -0.313 e. The van der Waals surface area contributed by atoms with Crippen LogP contribution in [0.25, 0.3) is 0 Å². The fourth-order valence-electron chi connectivity index (χ4n) is 2.69. The SMILES string of the molecule is Cc1sc(N(Cc2ccc(Cl)c(F)c2)c2ccc(C#N)cc2)nc1C(=O)NS(C)=O. The molecule has 0 aliphatic heterocycles. The number of nitrogens with zero attached hydrogens (tertiary/aromatic N) is 3. The van der Waals surface area contributed by atoms with E-state index in [9.17, 15) is 13.4 Å². The first kappa shape index (κ1) is 21.9. The summed E-state index contributed by atoms with van der Waals surface area (Å²) in [6, 6.07) is 13.4. The first-order valence-electron chi connectivity index (χ1n) is 8.62. The minimum atomic E-state index is -1.52. The van der Waals surface area contributed by atoms with Crippen LogP contribution in [0.4, 0.5) is 15.2 Å². The number of amides is 1. The van der Waals surface area contributed by atoms with E-state index < -0.39 is 22.7 Å². The molecule has 2 aromatic carbocycles. The van der Waals surface area contributed by atoms with Crippen molar-refractivity contribution in [3.8, 4) is 6.07 Å². The molecule has 0 saturated heterocycles. The van der Waals surface area contributed by atoms with Gasteiger partial charge in [-0.05, 0) is 48.9 Å². The Balaban J connectivity index is 2.02. The molecule has 0 spiro atoms. The van der Waals surface area contributed by atoms with Crippen molar-refractivity contribution in [2.45, 2.75) is 13.5 Å². The second kappa shape index (κ2) is 9.34. The molecule has 1 N–H and O–H groups in total. The number of aromatic nitrogens is 1. The lowest BCUT2D eigenvalue weighted by Gasteiger charge is -2.22. The number of nitrogens with one attached hydrogen (secondary N) is 1. The van der Waals surface area contributed by atoms with E-state index in [1.54, 1.807) is 42.2 Å². The fourth-order valence-corrected chi connectivity index (χ4v) is 4.09. The van der Waals surface area contributed by atoms with Gasteiger partial charge in [-0.15, -0.1) is 11.3 Å². The Morgan fingerprint density at radius 2 is 2.03 bits per heavy atom. The molecule has 0 fully saturated rings. The van der Waals surface area contributed by atoms with Crippen molar-refractivity contribution < 1.29 is 13.4 Å². The van der Waals surface area contributed by atoms with Crippen LogP contribution in [0.15, 0.2) is 42.5 Å². The quantitative estimate of drug-likeness (QED) is 0.583. The van der Waals surface area contributed by atoms with E-state index in [4.69, 9.17) is 16.9 Å². The maximum absolute atomic E-state index is 13.9. The van der Waals surface area contributed by atoms with Crippen molar-refractivity contribution in [1.82, 2.24) is 9.71 Å². The van der Waals surface area contributed by atoms with Crippen molar-refractivity contribution in [2.24, 2.45) is 0 Å². The molecule has 1 atom stereocenters. The third kappa shape index (κ3) is 5.02. The normalized spacial score (nSPS) is 11.6. The van der Waals surface area contributed by atoms with Gasteiger partial charge in [0.2, 0.25) is 0 Å². The van der Waals surface area contributed by atoms with Gasteiger partial charge in [0.25, 0.3) is 5.91 Å². The molecule has 0 radical (unpaired) electrons. The molecular weight excluding hydrogens is 447 g/mol. The largest absolute Gasteiger partial charge is 0.313 e. The third-order valence-corrected chi connectivity index (χ3v) is 5.87. The molecule has 154 valence electrons. The summed E-state index contributed by atoms with van der Waals surface area (Å²) in [6.45, 7) is 2.00. The predicted molar refractivity (Wildman–Crippen MR) is 117 cm³/mol. The molecule has 30 heavy (non-hydrogen) atoms. The fraction of sp³-hybridized carbons (Fsp3) is 0.150. The van der Waals surface area contributed by atoms with E-state index in [2.05, 4.69) is 15.8 Å². The first-order chi connectivity index (χ1) is 14.3. The molecule has 0 aliphatic rings. The molecule has 0 saturated carbocycles. The smallest absolute Gasteiger partial charge is 0.282 e. The molecule has 3 rings (SSSR count). The van der Waals surface area contributed by atoms with Gasteiger partial charge in [0.1, 0.15) is 22.5 Å². The highest BCUT2D eigenvalue weighted by Crippen LogP contribution is 2.33. The summed E-state index contributed by atoms with van der Waals surface area (Å²) in [4.78, 5) is 19.2. The van der Waals surface area contributed by atoms with E-state index >= 15 is 0 Å². The number of thiazole rings is 1. The Bertz CT molecular complexity index is 1160. The van der Waals surface area contributed by atoms with Gasteiger partial charge in [-0.2, -0.15) is 5.26 Å². The van der Waals surface area contributed by atoms with Crippen LogP contribution < -0.4 is 9.62 Å². The highest BCUT2D eigenvalue weighted by atomic mass is 35.5. The van der Waals surface area contributed by atoms with Crippen LogP contribution >= 0.6 is 22.9 Å². The average molecular weight is 463 g/mol. The molecule has 10 heteroatoms. The molecule has 1 heterocycles. The van der Waals surface area contributed by atoms with Crippen LogP contribution in [0.2, 0.25) is 5.02 Å². The summed E-state index contributed by atoms with van der Waals surface area (Å²) in [5.41, 5.74) is 2.03. The predicted octanol–water partition coefficient (Wildman–Crippen LogP) is 4.48. The zero-order chi connectivity index (χ0) is 21.8. The van der Waals surface area contributed by atoms with Gasteiger partial charge in [0, 0.05) is 16.8 Å². The average Bonchev–Trinajstić information content (AvgIpc) is 3.10. The minimum absolute atomic E-state index is 0.0280. The van der Waals surface area contributed by atoms with Crippen molar-refractivity contribution in [2.75, 3.05) is 11.2 Å². The standard InChI is InChI=1S/C20H16ClFN4O2S2/c1-12-18(19(27)25-30(2)28)24-20(29-12)26(15-6-3-13(10-23)4-7-15)11-14-5-8-16(21)17(22)9-14/h3-9H,11H2,1-2H3,(H,25,27). The van der Waals surface area contributed by atoms with E-state index in [1.165, 1.54) is 29.7 Å². The van der Waals surface area contributed by atoms with Gasteiger partial charge in [-0.3, -0.25) is 9.52 Å². The van der Waals surface area contributed by atoms with Crippen LogP contribution in [0.5, 0.6) is 0 Å². The Hall–Kier alpha value is -2.80. The number of rotatable bonds is 6. The second-order valence-corrected chi connectivity index (χ2v) is 8.98. The number of nitriles is 1. The number of anilines is 2. The lowest BCUT2D eigenvalue weighted by molar-refractivity contribution is 0.0978. The lowest BCUT2D eigenvalue weighted by atomic mass is 10.1. The summed E-state index contributed by atoms with van der Waals surface area (Å²) in [6.07, 6.45) is 1.36. The third-order valence-electron chi connectivity index (χ3n) is 4.10. The number of hydrogen-bond acceptors (Lipinski definition) is 6. The highest BCUT2D eigenvalue weighted by molar-refractivity contribution is 7.82. The number of carbonyl (C=O) groups excluding carboxylic acids is 1. The van der Waals surface area contributed by atoms with Crippen LogP contribution in [-0.2, 0) is 17.5 Å². The first-order valence-corrected chi connectivity index (χ1v) is 11.4. The van der Waals surface area contributed by atoms with E-state index in [-0.39, 0.29) is 17.3 Å². The summed E-state index contributed by atoms with van der Waals surface area (Å²) < 4.78 is 27.6. The molecule has 1 unspecified atom stereocenters. The van der Waals surface area contributed by atoms with Crippen molar-refractivity contribution in [3.63, 3.8) is 0 Å². The molecule has 0 bridgehead atoms. The van der Waals surface area contributed by atoms with Gasteiger partial charge in [0.15, 0.2) is 5.13 Å². The Labute approximate surface area is 184 Å². The summed E-state index contributed by atoms with van der Waals surface area (Å²) in [5, 5.41) is 9.58. The van der Waals surface area contributed by atoms with E-state index in [0.29, 0.717) is 26.8 Å². The Morgan fingerprint density at radius 1 is 1.33 bits per heavy atom. The number of halogens is 2. The van der Waals surface area contributed by atoms with Crippen molar-refractivity contribution in [1.29, 1.82) is 5.26 Å². The molecule has 1 amide bonds. The van der Waals surface area contributed by atoms with Gasteiger partial charge in [-0.1, -0.05) is 17.7 Å². The number of benzene rings is 2. The van der Waals surface area contributed by atoms with Crippen LogP contribution in [0, 0.1) is 24.1 Å². The van der Waals surface area contributed by atoms with E-state index in [0.717, 1.165) is 0 Å². The molecule has 1 aromatic heterocycles. The molecule has 0 aliphatic carbocycles. The van der Waals surface area contributed by atoms with Gasteiger partial charge in [0.05, 0.1) is 23.2 Å². The van der Waals surface area contributed by atoms with Crippen LogP contribution in [0.3, 0.4) is 0 Å². The molecule has 6 nitrogen and oxygen atoms in total. The summed E-state index contributed by atoms with van der Waals surface area (Å²) >= 11 is 7.07. The lowest BCUT2D eigenvalue weighted by Crippen LogP contribution is -2.25. The maximum atomic E-state index is 13.9. The Kier molecular flexibility index (Phi) is 6.82. The van der Waals surface area contributed by atoms with E-state index in [1.807, 2.05) is 0 Å². The maximum Gasteiger partial charge on any atom is 0.282 e. The van der Waals surface area contributed by atoms with Gasteiger partial charge >= 0.3 is 0 Å². The topological polar surface area (TPSA) is 86.1 Å². The Morgan fingerprint density at radius 3 is 2.63 bits per heavy atom. The summed E-state index contributed by atoms with van der Waals surface area (Å²) in [7, 11) is -1.52. The molecular formula is C20H16ClFN4O2S2. The second-order valence-electron chi connectivity index (χ2n) is 6.28. The zero-order valence-corrected chi connectivity index (χ0v) is 18.4. The highest BCUT2D eigenvalue weighted by Gasteiger charge is 2.21. The van der Waals surface area contributed by atoms with Crippen LogP contribution in [-0.4, -0.2) is 21.4 Å². The monoisotopic (exact) mass is 462 g/mol. The summed E-state index contributed by atoms with van der Waals surface area (Å²) in [5.74, 6) is -1.07. The van der Waals surface area contributed by atoms with Crippen LogP contribution in [0.1, 0.15) is 26.5 Å². The van der Waals surface area contributed by atoms with Crippen molar-refractivity contribution in [3.05, 3.63) is 75.0 Å². The van der Waals surface area contributed by atoms with Gasteiger partial charge in [-0.25, -0.2) is 13.6 Å².